The van der Waals surface area contributed by atoms with Crippen molar-refractivity contribution in [2.24, 2.45) is 11.7 Å². The first kappa shape index (κ1) is 19.5. The number of nitrogens with zero attached hydrogens (tertiary/aromatic N) is 4. The second-order valence-electron chi connectivity index (χ2n) is 7.94. The summed E-state index contributed by atoms with van der Waals surface area (Å²) >= 11 is 0. The first-order chi connectivity index (χ1) is 13.0. The molecule has 1 fully saturated rings. The summed E-state index contributed by atoms with van der Waals surface area (Å²) < 4.78 is 1.84. The SMILES string of the molecule is CCCc1c(C(=O)N2CC(CN)CC2C)nnn1-c1cccc(C(C)C)c1. The fourth-order valence-corrected chi connectivity index (χ4v) is 3.88. The van der Waals surface area contributed by atoms with Gasteiger partial charge in [0.1, 0.15) is 0 Å². The number of hydrogen-bond donors (Lipinski definition) is 1. The van der Waals surface area contributed by atoms with E-state index in [-0.39, 0.29) is 11.9 Å². The van der Waals surface area contributed by atoms with Crippen molar-refractivity contribution in [2.45, 2.75) is 58.9 Å². The third-order valence-electron chi connectivity index (χ3n) is 5.49. The van der Waals surface area contributed by atoms with E-state index < -0.39 is 0 Å². The van der Waals surface area contributed by atoms with Crippen molar-refractivity contribution < 1.29 is 4.79 Å². The lowest BCUT2D eigenvalue weighted by Gasteiger charge is -2.21. The Morgan fingerprint density at radius 3 is 2.78 bits per heavy atom. The Bertz CT molecular complexity index is 798. The number of rotatable bonds is 6. The lowest BCUT2D eigenvalue weighted by Crippen LogP contribution is -2.35. The topological polar surface area (TPSA) is 77.0 Å². The molecule has 1 amide bonds. The van der Waals surface area contributed by atoms with Crippen molar-refractivity contribution in [2.75, 3.05) is 13.1 Å². The van der Waals surface area contributed by atoms with E-state index >= 15 is 0 Å². The van der Waals surface area contributed by atoms with Gasteiger partial charge in [-0.2, -0.15) is 0 Å². The lowest BCUT2D eigenvalue weighted by atomic mass is 10.0. The zero-order valence-corrected chi connectivity index (χ0v) is 16.9. The van der Waals surface area contributed by atoms with Gasteiger partial charge in [-0.25, -0.2) is 4.68 Å². The van der Waals surface area contributed by atoms with Gasteiger partial charge in [0, 0.05) is 12.6 Å². The number of carbonyl (C=O) groups is 1. The highest BCUT2D eigenvalue weighted by molar-refractivity contribution is 5.93. The Balaban J connectivity index is 1.96. The number of aromatic nitrogens is 3. The summed E-state index contributed by atoms with van der Waals surface area (Å²) in [5.41, 5.74) is 9.41. The molecule has 0 radical (unpaired) electrons. The molecule has 1 aromatic carbocycles. The van der Waals surface area contributed by atoms with Crippen LogP contribution >= 0.6 is 0 Å². The number of nitrogens with two attached hydrogens (primary N) is 1. The van der Waals surface area contributed by atoms with Gasteiger partial charge in [0.15, 0.2) is 5.69 Å². The molecule has 146 valence electrons. The van der Waals surface area contributed by atoms with Crippen LogP contribution in [-0.2, 0) is 6.42 Å². The molecular weight excluding hydrogens is 338 g/mol. The Labute approximate surface area is 161 Å². The van der Waals surface area contributed by atoms with Crippen LogP contribution in [0.2, 0.25) is 0 Å². The smallest absolute Gasteiger partial charge is 0.276 e. The van der Waals surface area contributed by atoms with Crippen LogP contribution in [0.5, 0.6) is 0 Å². The van der Waals surface area contributed by atoms with Crippen LogP contribution in [0.4, 0.5) is 0 Å². The van der Waals surface area contributed by atoms with Gasteiger partial charge >= 0.3 is 0 Å². The average molecular weight is 370 g/mol. The maximum Gasteiger partial charge on any atom is 0.276 e. The Morgan fingerprint density at radius 1 is 1.37 bits per heavy atom. The van der Waals surface area contributed by atoms with Crippen LogP contribution in [-0.4, -0.2) is 44.9 Å². The minimum absolute atomic E-state index is 0.0202. The van der Waals surface area contributed by atoms with Crippen LogP contribution in [0.25, 0.3) is 5.69 Å². The number of amides is 1. The maximum atomic E-state index is 13.2. The van der Waals surface area contributed by atoms with Crippen LogP contribution in [0.15, 0.2) is 24.3 Å². The van der Waals surface area contributed by atoms with Gasteiger partial charge in [-0.15, -0.1) is 5.10 Å². The van der Waals surface area contributed by atoms with E-state index in [2.05, 4.69) is 50.1 Å². The number of benzene rings is 1. The molecule has 2 heterocycles. The number of likely N-dealkylation sites (tertiary alicyclic amines) is 1. The molecule has 0 saturated carbocycles. The quantitative estimate of drug-likeness (QED) is 0.848. The Morgan fingerprint density at radius 2 is 2.15 bits per heavy atom. The van der Waals surface area contributed by atoms with Crippen LogP contribution in [0.1, 0.15) is 68.2 Å². The summed E-state index contributed by atoms with van der Waals surface area (Å²) in [5.74, 6) is 0.785. The molecule has 0 bridgehead atoms. The molecule has 2 N–H and O–H groups in total. The molecule has 1 aliphatic heterocycles. The van der Waals surface area contributed by atoms with Crippen molar-refractivity contribution >= 4 is 5.91 Å². The Kier molecular flexibility index (Phi) is 5.95. The Hall–Kier alpha value is -2.21. The standard InChI is InChI=1S/C21H31N5O/c1-5-7-19-20(21(27)25-13-16(12-22)10-15(25)4)23-24-26(19)18-9-6-8-17(11-18)14(2)3/h6,8-9,11,14-16H,5,7,10,12-13,22H2,1-4H3. The monoisotopic (exact) mass is 369 g/mol. The number of carbonyl (C=O) groups excluding carboxylic acids is 1. The molecule has 3 rings (SSSR count). The summed E-state index contributed by atoms with van der Waals surface area (Å²) in [6, 6.07) is 8.51. The molecule has 2 aromatic rings. The van der Waals surface area contributed by atoms with Gasteiger partial charge in [-0.3, -0.25) is 4.79 Å². The van der Waals surface area contributed by atoms with Crippen LogP contribution in [0.3, 0.4) is 0 Å². The largest absolute Gasteiger partial charge is 0.334 e. The summed E-state index contributed by atoms with van der Waals surface area (Å²) in [4.78, 5) is 15.1. The highest BCUT2D eigenvalue weighted by Gasteiger charge is 2.34. The van der Waals surface area contributed by atoms with Crippen molar-refractivity contribution in [3.8, 4) is 5.69 Å². The zero-order chi connectivity index (χ0) is 19.6. The van der Waals surface area contributed by atoms with E-state index in [1.807, 2.05) is 21.7 Å². The first-order valence-corrected chi connectivity index (χ1v) is 10.0. The van der Waals surface area contributed by atoms with Crippen molar-refractivity contribution in [1.29, 1.82) is 0 Å². The van der Waals surface area contributed by atoms with Crippen molar-refractivity contribution in [3.05, 3.63) is 41.2 Å². The number of hydrogen-bond acceptors (Lipinski definition) is 4. The van der Waals surface area contributed by atoms with E-state index in [1.165, 1.54) is 5.56 Å². The van der Waals surface area contributed by atoms with Crippen molar-refractivity contribution in [3.63, 3.8) is 0 Å². The van der Waals surface area contributed by atoms with Gasteiger partial charge in [0.25, 0.3) is 5.91 Å². The van der Waals surface area contributed by atoms with Crippen molar-refractivity contribution in [1.82, 2.24) is 19.9 Å². The van der Waals surface area contributed by atoms with Gasteiger partial charge in [0.2, 0.25) is 0 Å². The highest BCUT2D eigenvalue weighted by Crippen LogP contribution is 2.26. The van der Waals surface area contributed by atoms with E-state index in [0.717, 1.165) is 30.6 Å². The second-order valence-corrected chi connectivity index (χ2v) is 7.94. The maximum absolute atomic E-state index is 13.2. The molecule has 2 atom stereocenters. The van der Waals surface area contributed by atoms with E-state index in [0.29, 0.717) is 30.6 Å². The predicted octanol–water partition coefficient (Wildman–Crippen LogP) is 3.15. The van der Waals surface area contributed by atoms with Gasteiger partial charge in [-0.05, 0) is 55.8 Å². The van der Waals surface area contributed by atoms with Gasteiger partial charge in [0.05, 0.1) is 11.4 Å². The van der Waals surface area contributed by atoms with Crippen LogP contribution in [0, 0.1) is 5.92 Å². The summed E-state index contributed by atoms with van der Waals surface area (Å²) in [5, 5.41) is 8.66. The van der Waals surface area contributed by atoms with Gasteiger partial charge in [-0.1, -0.05) is 44.5 Å². The molecule has 6 heteroatoms. The third-order valence-corrected chi connectivity index (χ3v) is 5.49. The molecule has 1 aliphatic rings. The minimum atomic E-state index is -0.0202. The molecule has 1 saturated heterocycles. The van der Waals surface area contributed by atoms with E-state index in [4.69, 9.17) is 5.73 Å². The normalized spacial score (nSPS) is 19.9. The van der Waals surface area contributed by atoms with Gasteiger partial charge < -0.3 is 10.6 Å². The highest BCUT2D eigenvalue weighted by atomic mass is 16.2. The zero-order valence-electron chi connectivity index (χ0n) is 16.9. The molecular formula is C21H31N5O. The molecule has 1 aromatic heterocycles. The van der Waals surface area contributed by atoms with E-state index in [9.17, 15) is 4.79 Å². The van der Waals surface area contributed by atoms with Crippen LogP contribution < -0.4 is 5.73 Å². The fourth-order valence-electron chi connectivity index (χ4n) is 3.88. The first-order valence-electron chi connectivity index (χ1n) is 10.0. The summed E-state index contributed by atoms with van der Waals surface area (Å²) in [6.07, 6.45) is 2.65. The summed E-state index contributed by atoms with van der Waals surface area (Å²) in [7, 11) is 0. The molecule has 2 unspecified atom stereocenters. The third kappa shape index (κ3) is 3.90. The average Bonchev–Trinajstić information content (AvgIpc) is 3.25. The minimum Gasteiger partial charge on any atom is -0.334 e. The van der Waals surface area contributed by atoms with E-state index in [1.54, 1.807) is 0 Å². The summed E-state index contributed by atoms with van der Waals surface area (Å²) in [6.45, 7) is 9.86. The second kappa shape index (κ2) is 8.21. The molecule has 0 spiro atoms. The predicted molar refractivity (Wildman–Crippen MR) is 107 cm³/mol. The molecule has 0 aliphatic carbocycles. The molecule has 27 heavy (non-hydrogen) atoms. The lowest BCUT2D eigenvalue weighted by molar-refractivity contribution is 0.0736. The molecule has 6 nitrogen and oxygen atoms in total. The fraction of sp³-hybridized carbons (Fsp3) is 0.571.